The molecule has 1 aromatic carbocycles. The van der Waals surface area contributed by atoms with Gasteiger partial charge >= 0.3 is 6.03 Å². The normalized spacial score (nSPS) is 13.7. The maximum Gasteiger partial charge on any atom is 0.317 e. The number of nitrogens with zero attached hydrogens (tertiary/aromatic N) is 3. The number of carbonyl (C=O) groups is 1. The van der Waals surface area contributed by atoms with Gasteiger partial charge in [0.1, 0.15) is 0 Å². The highest BCUT2D eigenvalue weighted by molar-refractivity contribution is 5.74. The van der Waals surface area contributed by atoms with Crippen molar-refractivity contribution in [2.75, 3.05) is 13.1 Å². The number of urea groups is 1. The van der Waals surface area contributed by atoms with Crippen molar-refractivity contribution in [3.8, 4) is 11.4 Å². The first-order chi connectivity index (χ1) is 10.3. The van der Waals surface area contributed by atoms with Crippen molar-refractivity contribution in [3.05, 3.63) is 47.8 Å². The lowest BCUT2D eigenvalue weighted by Gasteiger charge is -2.28. The van der Waals surface area contributed by atoms with Crippen LogP contribution in [-0.2, 0) is 13.0 Å². The molecule has 0 unspecified atom stereocenters. The van der Waals surface area contributed by atoms with Gasteiger partial charge in [0.05, 0.1) is 12.2 Å². The van der Waals surface area contributed by atoms with Crippen LogP contribution in [0.4, 0.5) is 4.79 Å². The van der Waals surface area contributed by atoms with Gasteiger partial charge in [-0.1, -0.05) is 30.3 Å². The molecule has 5 nitrogen and oxygen atoms in total. The Balaban J connectivity index is 1.81. The van der Waals surface area contributed by atoms with Crippen molar-refractivity contribution in [2.24, 2.45) is 0 Å². The van der Waals surface area contributed by atoms with E-state index in [9.17, 15) is 4.79 Å². The molecule has 0 saturated carbocycles. The van der Waals surface area contributed by atoms with E-state index >= 15 is 0 Å². The second-order valence-corrected chi connectivity index (χ2v) is 5.04. The van der Waals surface area contributed by atoms with Crippen molar-refractivity contribution in [3.63, 3.8) is 0 Å². The van der Waals surface area contributed by atoms with E-state index in [2.05, 4.69) is 15.3 Å². The van der Waals surface area contributed by atoms with Crippen LogP contribution in [0.3, 0.4) is 0 Å². The molecule has 2 heterocycles. The molecule has 0 atom stereocenters. The molecule has 0 aliphatic carbocycles. The fourth-order valence-electron chi connectivity index (χ4n) is 2.48. The van der Waals surface area contributed by atoms with E-state index in [0.717, 1.165) is 29.1 Å². The lowest BCUT2D eigenvalue weighted by molar-refractivity contribution is 0.192. The topological polar surface area (TPSA) is 58.1 Å². The molecule has 0 saturated heterocycles. The summed E-state index contributed by atoms with van der Waals surface area (Å²) in [5.41, 5.74) is 3.10. The standard InChI is InChI=1S/C16H18N4O/c1-2-17-16(21)20-9-8-14-13(11-20)10-18-15(19-14)12-6-4-3-5-7-12/h3-7,10H,2,8-9,11H2,1H3,(H,17,21). The van der Waals surface area contributed by atoms with Gasteiger partial charge in [0.2, 0.25) is 0 Å². The summed E-state index contributed by atoms with van der Waals surface area (Å²) in [6.07, 6.45) is 2.62. The van der Waals surface area contributed by atoms with Gasteiger partial charge in [-0.05, 0) is 6.92 Å². The SMILES string of the molecule is CCNC(=O)N1CCc2nc(-c3ccccc3)ncc2C1. The first-order valence-corrected chi connectivity index (χ1v) is 7.21. The van der Waals surface area contributed by atoms with Crippen molar-refractivity contribution >= 4 is 6.03 Å². The first kappa shape index (κ1) is 13.5. The molecule has 1 aliphatic rings. The highest BCUT2D eigenvalue weighted by atomic mass is 16.2. The Morgan fingerprint density at radius 3 is 2.90 bits per heavy atom. The molecular weight excluding hydrogens is 264 g/mol. The number of rotatable bonds is 2. The highest BCUT2D eigenvalue weighted by Crippen LogP contribution is 2.20. The third-order valence-electron chi connectivity index (χ3n) is 3.58. The number of fused-ring (bicyclic) bond motifs is 1. The maximum atomic E-state index is 11.9. The van der Waals surface area contributed by atoms with E-state index in [4.69, 9.17) is 0 Å². The van der Waals surface area contributed by atoms with Crippen molar-refractivity contribution < 1.29 is 4.79 Å². The summed E-state index contributed by atoms with van der Waals surface area (Å²) in [6, 6.07) is 9.93. The Labute approximate surface area is 124 Å². The summed E-state index contributed by atoms with van der Waals surface area (Å²) in [7, 11) is 0. The van der Waals surface area contributed by atoms with Gasteiger partial charge in [-0.2, -0.15) is 0 Å². The predicted octanol–water partition coefficient (Wildman–Crippen LogP) is 2.23. The van der Waals surface area contributed by atoms with Crippen LogP contribution in [0.25, 0.3) is 11.4 Å². The fraction of sp³-hybridized carbons (Fsp3) is 0.312. The minimum absolute atomic E-state index is 0.0183. The van der Waals surface area contributed by atoms with Crippen molar-refractivity contribution in [2.45, 2.75) is 19.9 Å². The molecule has 108 valence electrons. The van der Waals surface area contributed by atoms with Crippen LogP contribution in [0.15, 0.2) is 36.5 Å². The van der Waals surface area contributed by atoms with Gasteiger partial charge in [-0.15, -0.1) is 0 Å². The molecule has 5 heteroatoms. The van der Waals surface area contributed by atoms with Crippen LogP contribution in [0.5, 0.6) is 0 Å². The number of aromatic nitrogens is 2. The zero-order valence-corrected chi connectivity index (χ0v) is 12.0. The van der Waals surface area contributed by atoms with E-state index < -0.39 is 0 Å². The molecule has 1 N–H and O–H groups in total. The second-order valence-electron chi connectivity index (χ2n) is 5.04. The number of amides is 2. The minimum Gasteiger partial charge on any atom is -0.338 e. The minimum atomic E-state index is -0.0183. The fourth-order valence-corrected chi connectivity index (χ4v) is 2.48. The van der Waals surface area contributed by atoms with E-state index in [1.54, 1.807) is 4.90 Å². The molecule has 1 aromatic heterocycles. The Kier molecular flexibility index (Phi) is 3.81. The third-order valence-corrected chi connectivity index (χ3v) is 3.58. The zero-order valence-electron chi connectivity index (χ0n) is 12.0. The summed E-state index contributed by atoms with van der Waals surface area (Å²) in [5, 5.41) is 2.83. The molecule has 0 radical (unpaired) electrons. The summed E-state index contributed by atoms with van der Waals surface area (Å²) in [4.78, 5) is 22.8. The lowest BCUT2D eigenvalue weighted by atomic mass is 10.1. The smallest absolute Gasteiger partial charge is 0.317 e. The van der Waals surface area contributed by atoms with Crippen molar-refractivity contribution in [1.82, 2.24) is 20.2 Å². The first-order valence-electron chi connectivity index (χ1n) is 7.21. The Morgan fingerprint density at radius 2 is 2.14 bits per heavy atom. The van der Waals surface area contributed by atoms with Gasteiger partial charge in [0.25, 0.3) is 0 Å². The second kappa shape index (κ2) is 5.91. The zero-order chi connectivity index (χ0) is 14.7. The summed E-state index contributed by atoms with van der Waals surface area (Å²) in [6.45, 7) is 3.84. The molecule has 0 spiro atoms. The van der Waals surface area contributed by atoms with Crippen molar-refractivity contribution in [1.29, 1.82) is 0 Å². The Hall–Kier alpha value is -2.43. The molecule has 0 bridgehead atoms. The van der Waals surface area contributed by atoms with Gasteiger partial charge in [-0.25, -0.2) is 14.8 Å². The van der Waals surface area contributed by atoms with Gasteiger partial charge in [-0.3, -0.25) is 0 Å². The number of nitrogens with one attached hydrogen (secondary N) is 1. The number of hydrogen-bond donors (Lipinski definition) is 1. The number of carbonyl (C=O) groups excluding carboxylic acids is 1. The van der Waals surface area contributed by atoms with Gasteiger partial charge in [0.15, 0.2) is 5.82 Å². The molecular formula is C16H18N4O. The average molecular weight is 282 g/mol. The van der Waals surface area contributed by atoms with Crippen LogP contribution in [-0.4, -0.2) is 34.0 Å². The largest absolute Gasteiger partial charge is 0.338 e. The highest BCUT2D eigenvalue weighted by Gasteiger charge is 2.21. The van der Waals surface area contributed by atoms with Gasteiger partial charge < -0.3 is 10.2 Å². The number of hydrogen-bond acceptors (Lipinski definition) is 3. The Morgan fingerprint density at radius 1 is 1.33 bits per heavy atom. The van der Waals surface area contributed by atoms with Crippen LogP contribution in [0, 0.1) is 0 Å². The van der Waals surface area contributed by atoms with Crippen LogP contribution in [0.1, 0.15) is 18.2 Å². The van der Waals surface area contributed by atoms with Gasteiger partial charge in [0, 0.05) is 36.8 Å². The molecule has 2 aromatic rings. The monoisotopic (exact) mass is 282 g/mol. The molecule has 2 amide bonds. The summed E-state index contributed by atoms with van der Waals surface area (Å²) in [5.74, 6) is 0.751. The quantitative estimate of drug-likeness (QED) is 0.919. The maximum absolute atomic E-state index is 11.9. The van der Waals surface area contributed by atoms with Crippen LogP contribution < -0.4 is 5.32 Å². The van der Waals surface area contributed by atoms with E-state index in [1.807, 2.05) is 43.5 Å². The molecule has 1 aliphatic heterocycles. The van der Waals surface area contributed by atoms with E-state index in [1.165, 1.54) is 0 Å². The summed E-state index contributed by atoms with van der Waals surface area (Å²) >= 11 is 0. The predicted molar refractivity (Wildman–Crippen MR) is 80.7 cm³/mol. The van der Waals surface area contributed by atoms with E-state index in [-0.39, 0.29) is 6.03 Å². The molecule has 21 heavy (non-hydrogen) atoms. The summed E-state index contributed by atoms with van der Waals surface area (Å²) < 4.78 is 0. The average Bonchev–Trinajstić information content (AvgIpc) is 2.55. The molecule has 3 rings (SSSR count). The molecule has 0 fully saturated rings. The van der Waals surface area contributed by atoms with Crippen LogP contribution >= 0.6 is 0 Å². The van der Waals surface area contributed by atoms with E-state index in [0.29, 0.717) is 19.6 Å². The number of benzene rings is 1. The van der Waals surface area contributed by atoms with Crippen LogP contribution in [0.2, 0.25) is 0 Å². The lowest BCUT2D eigenvalue weighted by Crippen LogP contribution is -2.42. The Bertz CT molecular complexity index is 642. The third kappa shape index (κ3) is 2.86.